The van der Waals surface area contributed by atoms with Crippen molar-refractivity contribution in [1.29, 1.82) is 0 Å². The van der Waals surface area contributed by atoms with Crippen molar-refractivity contribution in [3.63, 3.8) is 0 Å². The van der Waals surface area contributed by atoms with Crippen LogP contribution in [0.3, 0.4) is 0 Å². The van der Waals surface area contributed by atoms with E-state index in [1.165, 1.54) is 11.3 Å². The van der Waals surface area contributed by atoms with E-state index in [1.807, 2.05) is 20.9 Å². The first kappa shape index (κ1) is 16.2. The molecule has 1 atom stereocenters. The molecule has 3 heterocycles. The minimum atomic E-state index is 0.286. The van der Waals surface area contributed by atoms with E-state index in [2.05, 4.69) is 27.6 Å². The number of carbonyl (C=O) groups is 1. The second-order valence-electron chi connectivity index (χ2n) is 6.15. The molecule has 0 bridgehead atoms. The number of likely N-dealkylation sites (tertiary alicyclic amines) is 1. The molecule has 1 unspecified atom stereocenters. The zero-order valence-electron chi connectivity index (χ0n) is 13.4. The molecule has 0 saturated carbocycles. The molecule has 2 aromatic rings. The molecule has 1 aliphatic heterocycles. The number of aryl methyl sites for hydroxylation is 1. The number of unbranched alkanes of at least 4 members (excludes halogenated alkanes) is 2. The van der Waals surface area contributed by atoms with Gasteiger partial charge < -0.3 is 4.90 Å². The zero-order chi connectivity index (χ0) is 15.9. The largest absolute Gasteiger partial charge is 0.341 e. The van der Waals surface area contributed by atoms with Crippen molar-refractivity contribution in [2.24, 2.45) is 0 Å². The highest BCUT2D eigenvalue weighted by Gasteiger charge is 2.24. The fourth-order valence-corrected chi connectivity index (χ4v) is 3.92. The number of hydrogen-bond acceptors (Lipinski definition) is 4. The van der Waals surface area contributed by atoms with Gasteiger partial charge in [-0.25, -0.2) is 9.67 Å². The molecule has 1 saturated heterocycles. The lowest BCUT2D eigenvalue weighted by Crippen LogP contribution is -2.40. The first-order valence-electron chi connectivity index (χ1n) is 8.47. The zero-order valence-corrected chi connectivity index (χ0v) is 14.2. The molecule has 5 nitrogen and oxygen atoms in total. The van der Waals surface area contributed by atoms with Crippen LogP contribution >= 0.6 is 11.3 Å². The third kappa shape index (κ3) is 4.64. The molecule has 23 heavy (non-hydrogen) atoms. The molecule has 6 heteroatoms. The van der Waals surface area contributed by atoms with Crippen LogP contribution in [0.25, 0.3) is 0 Å². The predicted octanol–water partition coefficient (Wildman–Crippen LogP) is 3.31. The summed E-state index contributed by atoms with van der Waals surface area (Å²) in [6.07, 6.45) is 10.6. The van der Waals surface area contributed by atoms with Crippen molar-refractivity contribution in [3.05, 3.63) is 35.0 Å². The van der Waals surface area contributed by atoms with Gasteiger partial charge >= 0.3 is 0 Å². The number of piperidine rings is 1. The number of hydrogen-bond donors (Lipinski definition) is 0. The van der Waals surface area contributed by atoms with Gasteiger partial charge in [-0.3, -0.25) is 4.79 Å². The van der Waals surface area contributed by atoms with Gasteiger partial charge in [0.25, 0.3) is 0 Å². The van der Waals surface area contributed by atoms with Gasteiger partial charge in [-0.1, -0.05) is 12.5 Å². The SMILES string of the molecule is O=C(CCCCCc1cccs1)N1CCCC(n2cncn2)C1. The summed E-state index contributed by atoms with van der Waals surface area (Å²) >= 11 is 1.82. The molecule has 0 aromatic carbocycles. The Morgan fingerprint density at radius 3 is 3.09 bits per heavy atom. The molecular formula is C17H24N4OS. The summed E-state index contributed by atoms with van der Waals surface area (Å²) in [5, 5.41) is 6.34. The Balaban J connectivity index is 1.36. The number of amides is 1. The van der Waals surface area contributed by atoms with Crippen LogP contribution in [0.15, 0.2) is 30.2 Å². The van der Waals surface area contributed by atoms with Crippen LogP contribution in [0.5, 0.6) is 0 Å². The lowest BCUT2D eigenvalue weighted by Gasteiger charge is -2.32. The van der Waals surface area contributed by atoms with Crippen molar-refractivity contribution in [2.75, 3.05) is 13.1 Å². The highest BCUT2D eigenvalue weighted by Crippen LogP contribution is 2.21. The topological polar surface area (TPSA) is 51.0 Å². The van der Waals surface area contributed by atoms with E-state index in [0.717, 1.165) is 45.2 Å². The number of nitrogens with zero attached hydrogens (tertiary/aromatic N) is 4. The first-order chi connectivity index (χ1) is 11.3. The third-order valence-corrected chi connectivity index (χ3v) is 5.39. The molecular weight excluding hydrogens is 308 g/mol. The van der Waals surface area contributed by atoms with E-state index in [1.54, 1.807) is 12.7 Å². The number of aromatic nitrogens is 3. The van der Waals surface area contributed by atoms with E-state index in [0.29, 0.717) is 12.3 Å². The lowest BCUT2D eigenvalue weighted by molar-refractivity contribution is -0.133. The van der Waals surface area contributed by atoms with Crippen molar-refractivity contribution in [3.8, 4) is 0 Å². The average Bonchev–Trinajstić information content (AvgIpc) is 3.28. The summed E-state index contributed by atoms with van der Waals surface area (Å²) in [6, 6.07) is 4.58. The highest BCUT2D eigenvalue weighted by molar-refractivity contribution is 7.09. The maximum absolute atomic E-state index is 12.4. The maximum Gasteiger partial charge on any atom is 0.222 e. The Hall–Kier alpha value is -1.69. The summed E-state index contributed by atoms with van der Waals surface area (Å²) < 4.78 is 1.89. The lowest BCUT2D eigenvalue weighted by atomic mass is 10.0. The Morgan fingerprint density at radius 2 is 2.30 bits per heavy atom. The number of carbonyl (C=O) groups excluding carboxylic acids is 1. The molecule has 0 spiro atoms. The van der Waals surface area contributed by atoms with Crippen LogP contribution in [-0.2, 0) is 11.2 Å². The van der Waals surface area contributed by atoms with Crippen LogP contribution in [-0.4, -0.2) is 38.7 Å². The van der Waals surface area contributed by atoms with Gasteiger partial charge in [0.05, 0.1) is 6.04 Å². The van der Waals surface area contributed by atoms with Crippen molar-refractivity contribution >= 4 is 17.2 Å². The molecule has 1 aliphatic rings. The van der Waals surface area contributed by atoms with Gasteiger partial charge in [0.1, 0.15) is 12.7 Å². The summed E-state index contributed by atoms with van der Waals surface area (Å²) in [5.41, 5.74) is 0. The van der Waals surface area contributed by atoms with Crippen LogP contribution in [0.1, 0.15) is 49.4 Å². The Labute approximate surface area is 141 Å². The molecule has 0 radical (unpaired) electrons. The van der Waals surface area contributed by atoms with Crippen molar-refractivity contribution < 1.29 is 4.79 Å². The van der Waals surface area contributed by atoms with Gasteiger partial charge in [-0.2, -0.15) is 5.10 Å². The van der Waals surface area contributed by atoms with E-state index in [4.69, 9.17) is 0 Å². The van der Waals surface area contributed by atoms with Gasteiger partial charge in [0.2, 0.25) is 5.91 Å². The highest BCUT2D eigenvalue weighted by atomic mass is 32.1. The standard InChI is InChI=1S/C17H24N4OS/c22-17(9-3-1-2-7-16-8-5-11-23-16)20-10-4-6-15(12-20)21-14-18-13-19-21/h5,8,11,13-15H,1-4,6-7,9-10,12H2. The molecule has 2 aromatic heterocycles. The van der Waals surface area contributed by atoms with Crippen molar-refractivity contribution in [2.45, 2.75) is 51.0 Å². The number of rotatable bonds is 7. The Kier molecular flexibility index (Phi) is 5.80. The van der Waals surface area contributed by atoms with Crippen LogP contribution < -0.4 is 0 Å². The van der Waals surface area contributed by atoms with E-state index < -0.39 is 0 Å². The van der Waals surface area contributed by atoms with Crippen LogP contribution in [0, 0.1) is 0 Å². The maximum atomic E-state index is 12.4. The fraction of sp³-hybridized carbons (Fsp3) is 0.588. The van der Waals surface area contributed by atoms with E-state index in [9.17, 15) is 4.79 Å². The summed E-state index contributed by atoms with van der Waals surface area (Å²) in [5.74, 6) is 0.297. The summed E-state index contributed by atoms with van der Waals surface area (Å²) in [7, 11) is 0. The minimum absolute atomic E-state index is 0.286. The van der Waals surface area contributed by atoms with E-state index >= 15 is 0 Å². The molecule has 124 valence electrons. The molecule has 1 fully saturated rings. The Morgan fingerprint density at radius 1 is 1.35 bits per heavy atom. The van der Waals surface area contributed by atoms with Crippen molar-refractivity contribution in [1.82, 2.24) is 19.7 Å². The first-order valence-corrected chi connectivity index (χ1v) is 9.35. The number of thiophene rings is 1. The Bertz CT molecular complexity index is 582. The van der Waals surface area contributed by atoms with Gasteiger partial charge in [0.15, 0.2) is 0 Å². The summed E-state index contributed by atoms with van der Waals surface area (Å²) in [6.45, 7) is 1.66. The molecule has 3 rings (SSSR count). The summed E-state index contributed by atoms with van der Waals surface area (Å²) in [4.78, 5) is 19.9. The van der Waals surface area contributed by atoms with Gasteiger partial charge in [-0.05, 0) is 43.6 Å². The van der Waals surface area contributed by atoms with E-state index in [-0.39, 0.29) is 6.04 Å². The molecule has 1 amide bonds. The van der Waals surface area contributed by atoms with Gasteiger partial charge in [-0.15, -0.1) is 11.3 Å². The normalized spacial score (nSPS) is 18.3. The smallest absolute Gasteiger partial charge is 0.222 e. The average molecular weight is 332 g/mol. The quantitative estimate of drug-likeness (QED) is 0.731. The molecule has 0 N–H and O–H groups in total. The van der Waals surface area contributed by atoms with Crippen LogP contribution in [0.4, 0.5) is 0 Å². The fourth-order valence-electron chi connectivity index (χ4n) is 3.17. The monoisotopic (exact) mass is 332 g/mol. The second kappa shape index (κ2) is 8.24. The molecule has 0 aliphatic carbocycles. The predicted molar refractivity (Wildman–Crippen MR) is 91.4 cm³/mol. The second-order valence-corrected chi connectivity index (χ2v) is 7.18. The minimum Gasteiger partial charge on any atom is -0.341 e. The van der Waals surface area contributed by atoms with Gasteiger partial charge in [0, 0.05) is 24.4 Å². The third-order valence-electron chi connectivity index (χ3n) is 4.45. The van der Waals surface area contributed by atoms with Crippen LogP contribution in [0.2, 0.25) is 0 Å².